The first-order chi connectivity index (χ1) is 18.2. The number of para-hydroxylation sites is 3. The van der Waals surface area contributed by atoms with Crippen molar-refractivity contribution in [3.63, 3.8) is 0 Å². The van der Waals surface area contributed by atoms with Gasteiger partial charge < -0.3 is 11.1 Å². The zero-order chi connectivity index (χ0) is 26.7. The standard InChI is InChI=1S/C28H23F3N6O/c1-17-22(25(32)36(34-17)18-10-4-2-5-11-18)27(16-33-21-15-9-8-14-20(21)27)23-24(28(29,30)31)35-37(26(23)38)19-12-6-3-7-13-19/h2-15,33,35H,16,32H2,1H3. The van der Waals surface area contributed by atoms with E-state index < -0.39 is 28.4 Å². The van der Waals surface area contributed by atoms with Crippen molar-refractivity contribution in [3.05, 3.63) is 123 Å². The number of aromatic amines is 1. The number of hydrogen-bond donors (Lipinski definition) is 3. The Balaban J connectivity index is 1.73. The van der Waals surface area contributed by atoms with Crippen LogP contribution in [0.25, 0.3) is 11.4 Å². The fraction of sp³-hybridized carbons (Fsp3) is 0.143. The molecule has 0 saturated carbocycles. The van der Waals surface area contributed by atoms with Crippen LogP contribution in [0.2, 0.25) is 0 Å². The number of nitrogen functional groups attached to an aromatic ring is 1. The van der Waals surface area contributed by atoms with Gasteiger partial charge in [0.1, 0.15) is 11.5 Å². The Hall–Kier alpha value is -4.73. The van der Waals surface area contributed by atoms with Crippen LogP contribution in [0.5, 0.6) is 0 Å². The Morgan fingerprint density at radius 1 is 0.895 bits per heavy atom. The molecule has 0 aliphatic carbocycles. The Morgan fingerprint density at radius 2 is 1.50 bits per heavy atom. The molecule has 10 heteroatoms. The van der Waals surface area contributed by atoms with E-state index in [4.69, 9.17) is 5.73 Å². The number of hydrogen-bond acceptors (Lipinski definition) is 4. The molecule has 38 heavy (non-hydrogen) atoms. The van der Waals surface area contributed by atoms with Crippen LogP contribution in [0.4, 0.5) is 24.7 Å². The summed E-state index contributed by atoms with van der Waals surface area (Å²) in [5.74, 6) is 0.159. The van der Waals surface area contributed by atoms with Gasteiger partial charge in [0.25, 0.3) is 5.56 Å². The average molecular weight is 517 g/mol. The summed E-state index contributed by atoms with van der Waals surface area (Å²) in [5.41, 5.74) is 5.59. The maximum Gasteiger partial charge on any atom is 0.433 e. The summed E-state index contributed by atoms with van der Waals surface area (Å²) < 4.78 is 46.5. The van der Waals surface area contributed by atoms with Gasteiger partial charge in [0.15, 0.2) is 0 Å². The highest BCUT2D eigenvalue weighted by Gasteiger charge is 2.53. The molecular formula is C28H23F3N6O. The van der Waals surface area contributed by atoms with Crippen molar-refractivity contribution in [2.24, 2.45) is 0 Å². The second-order valence-electron chi connectivity index (χ2n) is 9.23. The predicted octanol–water partition coefficient (Wildman–Crippen LogP) is 5.02. The lowest BCUT2D eigenvalue weighted by molar-refractivity contribution is -0.142. The van der Waals surface area contributed by atoms with E-state index in [1.807, 2.05) is 18.2 Å². The maximum absolute atomic E-state index is 14.7. The molecule has 0 bridgehead atoms. The highest BCUT2D eigenvalue weighted by Crippen LogP contribution is 2.51. The summed E-state index contributed by atoms with van der Waals surface area (Å²) in [7, 11) is 0. The number of aromatic nitrogens is 4. The highest BCUT2D eigenvalue weighted by molar-refractivity contribution is 5.73. The molecule has 1 aliphatic rings. The SMILES string of the molecule is Cc1nn(-c2ccccc2)c(N)c1C1(c2c(C(F)(F)F)[nH]n(-c3ccccc3)c2=O)CNc2ccccc21. The van der Waals surface area contributed by atoms with Crippen molar-refractivity contribution < 1.29 is 13.2 Å². The second-order valence-corrected chi connectivity index (χ2v) is 9.23. The molecule has 4 N–H and O–H groups in total. The van der Waals surface area contributed by atoms with Crippen molar-refractivity contribution in [3.8, 4) is 11.4 Å². The minimum absolute atomic E-state index is 0.0111. The first-order valence-electron chi connectivity index (χ1n) is 12.0. The summed E-state index contributed by atoms with van der Waals surface area (Å²) in [6.45, 7) is 1.69. The molecule has 0 radical (unpaired) electrons. The Kier molecular flexibility index (Phi) is 5.23. The monoisotopic (exact) mass is 516 g/mol. The van der Waals surface area contributed by atoms with Crippen LogP contribution in [0.3, 0.4) is 0 Å². The smallest absolute Gasteiger partial charge is 0.383 e. The van der Waals surface area contributed by atoms with Crippen LogP contribution < -0.4 is 16.6 Å². The van der Waals surface area contributed by atoms with E-state index in [1.54, 1.807) is 73.7 Å². The van der Waals surface area contributed by atoms with Crippen LogP contribution >= 0.6 is 0 Å². The summed E-state index contributed by atoms with van der Waals surface area (Å²) in [5, 5.41) is 10.2. The quantitative estimate of drug-likeness (QED) is 0.313. The van der Waals surface area contributed by atoms with Crippen LogP contribution in [-0.2, 0) is 11.6 Å². The molecule has 1 atom stereocenters. The van der Waals surface area contributed by atoms with Crippen LogP contribution in [0, 0.1) is 6.92 Å². The molecule has 0 amide bonds. The number of nitrogens with two attached hydrogens (primary N) is 1. The van der Waals surface area contributed by atoms with Gasteiger partial charge in [-0.3, -0.25) is 9.89 Å². The second kappa shape index (κ2) is 8.41. The zero-order valence-electron chi connectivity index (χ0n) is 20.3. The molecule has 5 aromatic rings. The molecule has 0 saturated heterocycles. The molecule has 3 heterocycles. The molecule has 6 rings (SSSR count). The van der Waals surface area contributed by atoms with Crippen molar-refractivity contribution in [1.82, 2.24) is 19.6 Å². The van der Waals surface area contributed by atoms with Gasteiger partial charge in [-0.2, -0.15) is 18.3 Å². The van der Waals surface area contributed by atoms with E-state index in [2.05, 4.69) is 15.5 Å². The molecule has 1 unspecified atom stereocenters. The van der Waals surface area contributed by atoms with E-state index in [-0.39, 0.29) is 18.1 Å². The minimum Gasteiger partial charge on any atom is -0.383 e. The fourth-order valence-corrected chi connectivity index (χ4v) is 5.54. The highest BCUT2D eigenvalue weighted by atomic mass is 19.4. The lowest BCUT2D eigenvalue weighted by atomic mass is 9.70. The Morgan fingerprint density at radius 3 is 2.16 bits per heavy atom. The van der Waals surface area contributed by atoms with Crippen LogP contribution in [0.1, 0.15) is 28.1 Å². The van der Waals surface area contributed by atoms with Gasteiger partial charge in [-0.1, -0.05) is 54.6 Å². The van der Waals surface area contributed by atoms with Crippen LogP contribution in [0.15, 0.2) is 89.7 Å². The molecule has 192 valence electrons. The summed E-state index contributed by atoms with van der Waals surface area (Å²) in [6.07, 6.45) is -4.85. The van der Waals surface area contributed by atoms with E-state index in [9.17, 15) is 18.0 Å². The largest absolute Gasteiger partial charge is 0.433 e. The number of nitrogens with one attached hydrogen (secondary N) is 2. The molecule has 1 aliphatic heterocycles. The summed E-state index contributed by atoms with van der Waals surface area (Å²) >= 11 is 0. The van der Waals surface area contributed by atoms with E-state index >= 15 is 0 Å². The third-order valence-corrected chi connectivity index (χ3v) is 7.07. The summed E-state index contributed by atoms with van der Waals surface area (Å²) in [6, 6.07) is 24.3. The van der Waals surface area contributed by atoms with Gasteiger partial charge in [0.05, 0.1) is 28.0 Å². The van der Waals surface area contributed by atoms with Gasteiger partial charge >= 0.3 is 6.18 Å². The third-order valence-electron chi connectivity index (χ3n) is 7.07. The number of alkyl halides is 3. The summed E-state index contributed by atoms with van der Waals surface area (Å²) in [4.78, 5) is 14.0. The first kappa shape index (κ1) is 23.7. The van der Waals surface area contributed by atoms with E-state index in [0.29, 0.717) is 28.2 Å². The zero-order valence-corrected chi connectivity index (χ0v) is 20.3. The van der Waals surface area contributed by atoms with E-state index in [0.717, 1.165) is 4.68 Å². The normalized spacial score (nSPS) is 16.8. The van der Waals surface area contributed by atoms with Crippen molar-refractivity contribution in [2.75, 3.05) is 17.6 Å². The minimum atomic E-state index is -4.85. The maximum atomic E-state index is 14.7. The van der Waals surface area contributed by atoms with Gasteiger partial charge in [-0.25, -0.2) is 9.36 Å². The molecule has 0 fully saturated rings. The van der Waals surface area contributed by atoms with Gasteiger partial charge in [0, 0.05) is 17.8 Å². The number of H-pyrrole nitrogens is 1. The number of nitrogens with zero attached hydrogens (tertiary/aromatic N) is 3. The topological polar surface area (TPSA) is 93.7 Å². The lowest BCUT2D eigenvalue weighted by Gasteiger charge is -2.30. The predicted molar refractivity (Wildman–Crippen MR) is 139 cm³/mol. The Labute approximate surface area is 215 Å². The molecule has 7 nitrogen and oxygen atoms in total. The van der Waals surface area contributed by atoms with E-state index in [1.165, 1.54) is 4.68 Å². The van der Waals surface area contributed by atoms with Gasteiger partial charge in [-0.05, 0) is 42.8 Å². The number of fused-ring (bicyclic) bond motifs is 1. The van der Waals surface area contributed by atoms with Crippen LogP contribution in [-0.4, -0.2) is 26.1 Å². The molecular weight excluding hydrogens is 493 g/mol. The lowest BCUT2D eigenvalue weighted by Crippen LogP contribution is -2.39. The molecule has 0 spiro atoms. The van der Waals surface area contributed by atoms with Crippen molar-refractivity contribution >= 4 is 11.5 Å². The number of anilines is 2. The third kappa shape index (κ3) is 3.37. The van der Waals surface area contributed by atoms with Gasteiger partial charge in [0.2, 0.25) is 0 Å². The number of rotatable bonds is 4. The number of aryl methyl sites for hydroxylation is 1. The number of benzene rings is 3. The first-order valence-corrected chi connectivity index (χ1v) is 12.0. The fourth-order valence-electron chi connectivity index (χ4n) is 5.54. The average Bonchev–Trinajstić information content (AvgIpc) is 3.56. The number of halogens is 3. The Bertz CT molecular complexity index is 1700. The van der Waals surface area contributed by atoms with Gasteiger partial charge in [-0.15, -0.1) is 0 Å². The molecule has 2 aromatic heterocycles. The van der Waals surface area contributed by atoms with Crippen molar-refractivity contribution in [1.29, 1.82) is 0 Å². The van der Waals surface area contributed by atoms with Crippen molar-refractivity contribution in [2.45, 2.75) is 18.5 Å². The molecule has 3 aromatic carbocycles.